The van der Waals surface area contributed by atoms with Crippen LogP contribution in [-0.2, 0) is 0 Å². The zero-order valence-corrected chi connectivity index (χ0v) is 17.6. The van der Waals surface area contributed by atoms with Crippen LogP contribution >= 0.6 is 0 Å². The Labute approximate surface area is 176 Å². The van der Waals surface area contributed by atoms with Gasteiger partial charge in [-0.15, -0.1) is 0 Å². The highest BCUT2D eigenvalue weighted by atomic mass is 16.5. The van der Waals surface area contributed by atoms with E-state index < -0.39 is 0 Å². The largest absolute Gasteiger partial charge is 0.508 e. The summed E-state index contributed by atoms with van der Waals surface area (Å²) >= 11 is 0. The van der Waals surface area contributed by atoms with E-state index in [2.05, 4.69) is 63.7 Å². The molecule has 1 aliphatic carbocycles. The molecule has 3 nitrogen and oxygen atoms in total. The van der Waals surface area contributed by atoms with Gasteiger partial charge in [0.05, 0.1) is 6.61 Å². The maximum atomic E-state index is 9.73. The molecule has 1 N–H and O–H groups in total. The van der Waals surface area contributed by atoms with Crippen molar-refractivity contribution < 1.29 is 9.84 Å². The Morgan fingerprint density at radius 3 is 2.03 bits per heavy atom. The van der Waals surface area contributed by atoms with E-state index in [1.165, 1.54) is 17.1 Å². The Hall–Kier alpha value is -2.26. The predicted octanol–water partition coefficient (Wildman–Crippen LogP) is 5.34. The molecule has 0 aromatic heterocycles. The minimum Gasteiger partial charge on any atom is -0.508 e. The van der Waals surface area contributed by atoms with Gasteiger partial charge in [0.1, 0.15) is 11.5 Å². The molecule has 1 fully saturated rings. The minimum atomic E-state index is 0.279. The Morgan fingerprint density at radius 2 is 1.48 bits per heavy atom. The van der Waals surface area contributed by atoms with Gasteiger partial charge in [-0.1, -0.05) is 36.8 Å². The average Bonchev–Trinajstić information content (AvgIpc) is 3.25. The van der Waals surface area contributed by atoms with Crippen molar-refractivity contribution in [3.63, 3.8) is 0 Å². The minimum absolute atomic E-state index is 0.279. The van der Waals surface area contributed by atoms with Crippen LogP contribution in [0.3, 0.4) is 0 Å². The third kappa shape index (κ3) is 5.86. The van der Waals surface area contributed by atoms with E-state index in [-0.39, 0.29) is 5.75 Å². The van der Waals surface area contributed by atoms with Crippen molar-refractivity contribution in [3.05, 3.63) is 96.8 Å². The van der Waals surface area contributed by atoms with E-state index >= 15 is 0 Å². The number of benzene rings is 2. The van der Waals surface area contributed by atoms with Crippen molar-refractivity contribution >= 4 is 5.57 Å². The van der Waals surface area contributed by atoms with E-state index in [9.17, 15) is 5.11 Å². The Morgan fingerprint density at radius 1 is 0.897 bits per heavy atom. The van der Waals surface area contributed by atoms with Crippen LogP contribution in [0.4, 0.5) is 0 Å². The Bertz CT molecular complexity index is 784. The van der Waals surface area contributed by atoms with Gasteiger partial charge in [-0.05, 0) is 93.6 Å². The first-order valence-electron chi connectivity index (χ1n) is 10.2. The van der Waals surface area contributed by atoms with E-state index in [0.29, 0.717) is 6.61 Å². The molecule has 1 aliphatic rings. The first-order valence-corrected chi connectivity index (χ1v) is 10.2. The van der Waals surface area contributed by atoms with Crippen LogP contribution in [-0.4, -0.2) is 37.3 Å². The second-order valence-electron chi connectivity index (χ2n) is 7.46. The van der Waals surface area contributed by atoms with Gasteiger partial charge in [0.15, 0.2) is 0 Å². The summed E-state index contributed by atoms with van der Waals surface area (Å²) in [6, 6.07) is 15.8. The monoisotopic (exact) mass is 388 g/mol. The molecule has 0 unspecified atom stereocenters. The molecule has 1 saturated carbocycles. The summed E-state index contributed by atoms with van der Waals surface area (Å²) in [6.45, 7) is 3.92. The third-order valence-electron chi connectivity index (χ3n) is 4.98. The molecule has 3 rings (SSSR count). The summed E-state index contributed by atoms with van der Waals surface area (Å²) in [5.74, 6) is 2.41. The van der Waals surface area contributed by atoms with Crippen LogP contribution in [0.1, 0.15) is 30.9 Å². The summed E-state index contributed by atoms with van der Waals surface area (Å²) in [5, 5.41) is 9.73. The van der Waals surface area contributed by atoms with Gasteiger partial charge in [0, 0.05) is 12.5 Å². The molecule has 0 heterocycles. The number of phenols is 1. The van der Waals surface area contributed by atoms with Crippen LogP contribution in [0.2, 0.25) is 0 Å². The van der Waals surface area contributed by atoms with Gasteiger partial charge < -0.3 is 14.7 Å². The molecular formula is C26H30NO2. The lowest BCUT2D eigenvalue weighted by atomic mass is 9.84. The predicted molar refractivity (Wildman–Crippen MR) is 120 cm³/mol. The lowest BCUT2D eigenvalue weighted by Gasteiger charge is -2.20. The number of aromatic hydroxyl groups is 1. The lowest BCUT2D eigenvalue weighted by Crippen LogP contribution is -2.15. The quantitative estimate of drug-likeness (QED) is 0.589. The molecular weight excluding hydrogens is 358 g/mol. The number of phenolic OH excluding ortho intramolecular Hbond substituents is 1. The molecule has 0 atom stereocenters. The van der Waals surface area contributed by atoms with E-state index in [0.717, 1.165) is 36.3 Å². The molecule has 151 valence electrons. The third-order valence-corrected chi connectivity index (χ3v) is 4.98. The summed E-state index contributed by atoms with van der Waals surface area (Å²) in [7, 11) is 4.15. The number of rotatable bonds is 9. The van der Waals surface area contributed by atoms with Crippen LogP contribution in [0.15, 0.2) is 54.1 Å². The summed E-state index contributed by atoms with van der Waals surface area (Å²) < 4.78 is 5.90. The normalized spacial score (nSPS) is 15.6. The molecule has 0 amide bonds. The fourth-order valence-corrected chi connectivity index (χ4v) is 3.53. The first kappa shape index (κ1) is 21.4. The standard InChI is InChI=1S/C26H30NO2/c1-4-25(20-8-5-6-9-20)26(21-10-14-23(28)15-11-21)22-12-16-24(17-13-22)29-19-7-18-27(2)3/h5-6,8-17,28H,4,7,18-19H2,1-3H3/b26-25+. The van der Waals surface area contributed by atoms with Crippen LogP contribution in [0.5, 0.6) is 11.5 Å². The van der Waals surface area contributed by atoms with E-state index in [4.69, 9.17) is 4.74 Å². The van der Waals surface area contributed by atoms with Crippen LogP contribution < -0.4 is 4.74 Å². The molecule has 0 aliphatic heterocycles. The van der Waals surface area contributed by atoms with E-state index in [1.54, 1.807) is 12.1 Å². The first-order chi connectivity index (χ1) is 14.1. The zero-order chi connectivity index (χ0) is 20.6. The second kappa shape index (κ2) is 10.5. The molecule has 2 aromatic carbocycles. The molecule has 0 saturated heterocycles. The topological polar surface area (TPSA) is 32.7 Å². The molecule has 29 heavy (non-hydrogen) atoms. The highest BCUT2D eigenvalue weighted by molar-refractivity contribution is 5.85. The SMILES string of the molecule is CC/C([C]1[CH][CH][CH][CH]1)=C(/c1ccc(O)cc1)c1ccc(OCCCN(C)C)cc1. The second-order valence-corrected chi connectivity index (χ2v) is 7.46. The van der Waals surface area contributed by atoms with Gasteiger partial charge in [-0.25, -0.2) is 0 Å². The van der Waals surface area contributed by atoms with Gasteiger partial charge in [-0.2, -0.15) is 0 Å². The maximum Gasteiger partial charge on any atom is 0.119 e. The van der Waals surface area contributed by atoms with Gasteiger partial charge in [0.2, 0.25) is 0 Å². The van der Waals surface area contributed by atoms with Gasteiger partial charge >= 0.3 is 0 Å². The van der Waals surface area contributed by atoms with Gasteiger partial charge in [0.25, 0.3) is 0 Å². The highest BCUT2D eigenvalue weighted by Crippen LogP contribution is 2.40. The maximum absolute atomic E-state index is 9.73. The average molecular weight is 389 g/mol. The van der Waals surface area contributed by atoms with Crippen molar-refractivity contribution in [3.8, 4) is 11.5 Å². The summed E-state index contributed by atoms with van der Waals surface area (Å²) in [5.41, 5.74) is 4.73. The summed E-state index contributed by atoms with van der Waals surface area (Å²) in [4.78, 5) is 2.16. The number of ether oxygens (including phenoxy) is 1. The molecule has 5 radical (unpaired) electrons. The van der Waals surface area contributed by atoms with Crippen molar-refractivity contribution in [2.45, 2.75) is 19.8 Å². The molecule has 3 heteroatoms. The fraction of sp³-hybridized carbons (Fsp3) is 0.269. The molecule has 0 spiro atoms. The number of allylic oxidation sites excluding steroid dienone is 1. The van der Waals surface area contributed by atoms with Gasteiger partial charge in [-0.3, -0.25) is 0 Å². The Balaban J connectivity index is 1.87. The molecule has 0 bridgehead atoms. The fourth-order valence-electron chi connectivity index (χ4n) is 3.53. The molecule has 2 aromatic rings. The number of nitrogens with zero attached hydrogens (tertiary/aromatic N) is 1. The van der Waals surface area contributed by atoms with Crippen molar-refractivity contribution in [1.29, 1.82) is 0 Å². The van der Waals surface area contributed by atoms with Crippen LogP contribution in [0, 0.1) is 31.6 Å². The van der Waals surface area contributed by atoms with E-state index in [1.807, 2.05) is 24.3 Å². The Kier molecular flexibility index (Phi) is 7.76. The number of hydrogen-bond acceptors (Lipinski definition) is 3. The zero-order valence-electron chi connectivity index (χ0n) is 17.6. The smallest absolute Gasteiger partial charge is 0.119 e. The summed E-state index contributed by atoms with van der Waals surface area (Å²) in [6.07, 6.45) is 10.4. The lowest BCUT2D eigenvalue weighted by molar-refractivity contribution is 0.281. The van der Waals surface area contributed by atoms with Crippen molar-refractivity contribution in [1.82, 2.24) is 4.90 Å². The van der Waals surface area contributed by atoms with Crippen molar-refractivity contribution in [2.75, 3.05) is 27.2 Å². The van der Waals surface area contributed by atoms with Crippen LogP contribution in [0.25, 0.3) is 5.57 Å². The highest BCUT2D eigenvalue weighted by Gasteiger charge is 2.24. The van der Waals surface area contributed by atoms with Crippen molar-refractivity contribution in [2.24, 2.45) is 0 Å². The number of hydrogen-bond donors (Lipinski definition) is 1.